The van der Waals surface area contributed by atoms with Gasteiger partial charge in [0.2, 0.25) is 17.7 Å². The molecule has 4 atom stereocenters. The SMILES string of the molecule is CNC(=O)[C@H](CCCc1ccccn1)NC(=O)C1CN(C(=O)Cc2c[nH]c3cc(Cl)ccc23)CC2CN(C(=O)c3ccc(OC(C)C)c(OC)c3)CC21. The van der Waals surface area contributed by atoms with Gasteiger partial charge in [-0.15, -0.1) is 0 Å². The third-order valence-electron chi connectivity index (χ3n) is 10.2. The minimum atomic E-state index is -0.767. The van der Waals surface area contributed by atoms with Crippen molar-refractivity contribution in [2.75, 3.05) is 40.3 Å². The summed E-state index contributed by atoms with van der Waals surface area (Å²) in [5.74, 6) is -0.923. The first-order chi connectivity index (χ1) is 25.5. The highest BCUT2D eigenvalue weighted by Gasteiger charge is 2.48. The van der Waals surface area contributed by atoms with Gasteiger partial charge >= 0.3 is 0 Å². The van der Waals surface area contributed by atoms with Gasteiger partial charge in [-0.25, -0.2) is 0 Å². The number of likely N-dealkylation sites (N-methyl/N-ethyl adjacent to an activating group) is 1. The lowest BCUT2D eigenvalue weighted by Gasteiger charge is -2.40. The first-order valence-corrected chi connectivity index (χ1v) is 18.5. The van der Waals surface area contributed by atoms with E-state index < -0.39 is 12.0 Å². The maximum atomic E-state index is 14.3. The van der Waals surface area contributed by atoms with E-state index in [1.807, 2.05) is 50.4 Å². The molecule has 0 aliphatic carbocycles. The molecule has 6 rings (SSSR count). The summed E-state index contributed by atoms with van der Waals surface area (Å²) in [7, 11) is 3.08. The number of pyridine rings is 1. The van der Waals surface area contributed by atoms with Crippen molar-refractivity contribution in [3.05, 3.63) is 88.8 Å². The van der Waals surface area contributed by atoms with E-state index in [9.17, 15) is 19.2 Å². The second-order valence-corrected chi connectivity index (χ2v) is 14.6. The van der Waals surface area contributed by atoms with Crippen LogP contribution >= 0.6 is 11.6 Å². The van der Waals surface area contributed by atoms with E-state index in [1.54, 1.807) is 47.3 Å². The molecule has 0 bridgehead atoms. The van der Waals surface area contributed by atoms with Crippen LogP contribution < -0.4 is 20.1 Å². The number of aryl methyl sites for hydroxylation is 1. The minimum Gasteiger partial charge on any atom is -0.493 e. The van der Waals surface area contributed by atoms with Crippen LogP contribution in [0, 0.1) is 17.8 Å². The van der Waals surface area contributed by atoms with Gasteiger partial charge < -0.3 is 34.9 Å². The van der Waals surface area contributed by atoms with Crippen molar-refractivity contribution >= 4 is 46.1 Å². The number of nitrogens with zero attached hydrogens (tertiary/aromatic N) is 3. The van der Waals surface area contributed by atoms with Crippen LogP contribution in [0.25, 0.3) is 10.9 Å². The monoisotopic (exact) mass is 742 g/mol. The third-order valence-corrected chi connectivity index (χ3v) is 10.5. The number of hydrogen-bond donors (Lipinski definition) is 3. The van der Waals surface area contributed by atoms with Crippen molar-refractivity contribution in [1.29, 1.82) is 0 Å². The fourth-order valence-corrected chi connectivity index (χ4v) is 7.76. The summed E-state index contributed by atoms with van der Waals surface area (Å²) in [4.78, 5) is 66.3. The van der Waals surface area contributed by atoms with E-state index in [2.05, 4.69) is 20.6 Å². The summed E-state index contributed by atoms with van der Waals surface area (Å²) in [6.45, 7) is 5.12. The molecule has 53 heavy (non-hydrogen) atoms. The normalized spacial score (nSPS) is 18.8. The third kappa shape index (κ3) is 8.76. The van der Waals surface area contributed by atoms with Gasteiger partial charge in [0.15, 0.2) is 11.5 Å². The molecule has 0 radical (unpaired) electrons. The van der Waals surface area contributed by atoms with Gasteiger partial charge in [-0.2, -0.15) is 0 Å². The second kappa shape index (κ2) is 16.7. The van der Waals surface area contributed by atoms with Crippen LogP contribution in [0.5, 0.6) is 11.5 Å². The molecule has 12 nitrogen and oxygen atoms in total. The molecule has 2 aromatic heterocycles. The number of carbonyl (C=O) groups excluding carboxylic acids is 4. The van der Waals surface area contributed by atoms with Crippen LogP contribution in [0.1, 0.15) is 48.3 Å². The number of ether oxygens (including phenoxy) is 2. The molecule has 2 fully saturated rings. The summed E-state index contributed by atoms with van der Waals surface area (Å²) < 4.78 is 11.4. The molecule has 0 spiro atoms. The fourth-order valence-electron chi connectivity index (χ4n) is 7.59. The number of aromatic nitrogens is 2. The topological polar surface area (TPSA) is 146 Å². The number of likely N-dealkylation sites (tertiary alicyclic amines) is 2. The molecular formula is C40H47ClN6O6. The molecule has 3 N–H and O–H groups in total. The maximum absolute atomic E-state index is 14.3. The number of nitrogens with one attached hydrogen (secondary N) is 3. The lowest BCUT2D eigenvalue weighted by molar-refractivity contribution is -0.140. The van der Waals surface area contributed by atoms with E-state index in [1.165, 1.54) is 7.11 Å². The Morgan fingerprint density at radius 3 is 2.55 bits per heavy atom. The zero-order chi connectivity index (χ0) is 37.6. The molecule has 3 unspecified atom stereocenters. The quantitative estimate of drug-likeness (QED) is 0.181. The van der Waals surface area contributed by atoms with Crippen LogP contribution in [0.3, 0.4) is 0 Å². The van der Waals surface area contributed by atoms with Crippen molar-refractivity contribution in [3.8, 4) is 11.5 Å². The number of benzene rings is 2. The highest BCUT2D eigenvalue weighted by molar-refractivity contribution is 6.31. The number of H-pyrrole nitrogens is 1. The largest absolute Gasteiger partial charge is 0.493 e. The van der Waals surface area contributed by atoms with Gasteiger partial charge in [0, 0.05) is 72.8 Å². The number of piperidine rings is 1. The maximum Gasteiger partial charge on any atom is 0.254 e. The van der Waals surface area contributed by atoms with Crippen molar-refractivity contribution in [3.63, 3.8) is 0 Å². The van der Waals surface area contributed by atoms with Crippen molar-refractivity contribution in [2.45, 2.75) is 51.7 Å². The number of fused-ring (bicyclic) bond motifs is 2. The van der Waals surface area contributed by atoms with Crippen LogP contribution in [0.15, 0.2) is 67.0 Å². The molecule has 13 heteroatoms. The lowest BCUT2D eigenvalue weighted by Crippen LogP contribution is -2.56. The summed E-state index contributed by atoms with van der Waals surface area (Å²) in [6, 6.07) is 15.6. The predicted molar refractivity (Wildman–Crippen MR) is 202 cm³/mol. The second-order valence-electron chi connectivity index (χ2n) is 14.1. The average molecular weight is 743 g/mol. The van der Waals surface area contributed by atoms with Crippen LogP contribution in [0.2, 0.25) is 5.02 Å². The zero-order valence-corrected chi connectivity index (χ0v) is 31.3. The van der Waals surface area contributed by atoms with Crippen molar-refractivity contribution < 1.29 is 28.7 Å². The Bertz CT molecular complexity index is 1950. The summed E-state index contributed by atoms with van der Waals surface area (Å²) in [5, 5.41) is 7.21. The number of methoxy groups -OCH3 is 1. The molecular weight excluding hydrogens is 696 g/mol. The molecule has 2 aliphatic rings. The van der Waals surface area contributed by atoms with Gasteiger partial charge in [-0.05, 0) is 93.0 Å². The van der Waals surface area contributed by atoms with Gasteiger partial charge in [-0.1, -0.05) is 23.7 Å². The molecule has 0 saturated carbocycles. The Labute approximate surface area is 314 Å². The number of carbonyl (C=O) groups is 4. The Kier molecular flexibility index (Phi) is 11.9. The molecule has 2 aliphatic heterocycles. The predicted octanol–water partition coefficient (Wildman–Crippen LogP) is 4.66. The lowest BCUT2D eigenvalue weighted by atomic mass is 9.79. The fraction of sp³-hybridized carbons (Fsp3) is 0.425. The minimum absolute atomic E-state index is 0.0702. The Hall–Kier alpha value is -5.10. The van der Waals surface area contributed by atoms with Gasteiger partial charge in [-0.3, -0.25) is 24.2 Å². The van der Waals surface area contributed by atoms with Gasteiger partial charge in [0.1, 0.15) is 6.04 Å². The summed E-state index contributed by atoms with van der Waals surface area (Å²) in [5.41, 5.74) is 3.02. The number of hydrogen-bond acceptors (Lipinski definition) is 7. The van der Waals surface area contributed by atoms with Gasteiger partial charge in [0.25, 0.3) is 5.91 Å². The Balaban J connectivity index is 1.22. The van der Waals surface area contributed by atoms with E-state index >= 15 is 0 Å². The van der Waals surface area contributed by atoms with E-state index in [4.69, 9.17) is 21.1 Å². The smallest absolute Gasteiger partial charge is 0.254 e. The summed E-state index contributed by atoms with van der Waals surface area (Å²) in [6.07, 6.45) is 5.33. The standard InChI is InChI=1S/C40H47ClN6O6/c1-24(2)53-35-14-11-25(16-36(35)52-4)40(51)47-21-27-20-46(37(48)17-26-19-44-34-18-28(41)12-13-30(26)34)23-32(31(27)22-47)38(49)45-33(39(50)42-3)10-7-9-29-8-5-6-15-43-29/h5-6,8,11-16,18-19,24,27,31-33,44H,7,9-10,17,20-23H2,1-4H3,(H,42,50)(H,45,49)/t27?,31?,32?,33-/m0/s1. The Morgan fingerprint density at radius 1 is 1.00 bits per heavy atom. The number of aromatic amines is 1. The van der Waals surface area contributed by atoms with Crippen molar-refractivity contribution in [2.24, 2.45) is 17.8 Å². The zero-order valence-electron chi connectivity index (χ0n) is 30.6. The molecule has 2 saturated heterocycles. The molecule has 2 aromatic carbocycles. The highest BCUT2D eigenvalue weighted by Crippen LogP contribution is 2.38. The van der Waals surface area contributed by atoms with Crippen LogP contribution in [-0.4, -0.2) is 95.9 Å². The molecule has 280 valence electrons. The number of rotatable bonds is 13. The number of halogens is 1. The molecule has 4 aromatic rings. The van der Waals surface area contributed by atoms with Gasteiger partial charge in [0.05, 0.1) is 25.6 Å². The first kappa shape index (κ1) is 37.7. The summed E-state index contributed by atoms with van der Waals surface area (Å²) >= 11 is 6.19. The highest BCUT2D eigenvalue weighted by atomic mass is 35.5. The van der Waals surface area contributed by atoms with Crippen LogP contribution in [-0.2, 0) is 27.2 Å². The molecule has 4 amide bonds. The van der Waals surface area contributed by atoms with Crippen molar-refractivity contribution in [1.82, 2.24) is 30.4 Å². The average Bonchev–Trinajstić information content (AvgIpc) is 3.77. The first-order valence-electron chi connectivity index (χ1n) is 18.1. The Morgan fingerprint density at radius 2 is 1.81 bits per heavy atom. The number of amides is 4. The van der Waals surface area contributed by atoms with E-state index in [0.717, 1.165) is 22.2 Å². The molecule has 4 heterocycles. The van der Waals surface area contributed by atoms with Crippen LogP contribution in [0.4, 0.5) is 0 Å². The van der Waals surface area contributed by atoms with E-state index in [-0.39, 0.29) is 54.5 Å². The van der Waals surface area contributed by atoms with E-state index in [0.29, 0.717) is 61.0 Å².